The van der Waals surface area contributed by atoms with Crippen LogP contribution >= 0.6 is 0 Å². The number of rotatable bonds is 5. The van der Waals surface area contributed by atoms with E-state index in [1.165, 1.54) is 37.4 Å². The number of amides is 2. The summed E-state index contributed by atoms with van der Waals surface area (Å²) >= 11 is 0. The van der Waals surface area contributed by atoms with E-state index in [9.17, 15) is 31.1 Å². The van der Waals surface area contributed by atoms with E-state index in [-0.39, 0.29) is 5.56 Å². The van der Waals surface area contributed by atoms with E-state index < -0.39 is 30.2 Å². The van der Waals surface area contributed by atoms with Gasteiger partial charge in [-0.25, -0.2) is 13.6 Å². The summed E-state index contributed by atoms with van der Waals surface area (Å²) in [7, 11) is 1.21. The average Bonchev–Trinajstić information content (AvgIpc) is 2.85. The monoisotopic (exact) mass is 369 g/mol. The topological polar surface area (TPSA) is 58.8 Å². The Morgan fingerprint density at radius 1 is 1.20 bits per heavy atom. The molecule has 0 saturated heterocycles. The fourth-order valence-corrected chi connectivity index (χ4v) is 2.32. The van der Waals surface area contributed by atoms with Gasteiger partial charge in [-0.05, 0) is 6.08 Å². The summed E-state index contributed by atoms with van der Waals surface area (Å²) in [6, 6.07) is 5.25. The molecule has 1 aliphatic heterocycles. The zero-order valence-electron chi connectivity index (χ0n) is 12.7. The minimum Gasteiger partial charge on any atom is -0.350 e. The highest BCUT2D eigenvalue weighted by Gasteiger charge is 2.68. The molecular formula is C14H13F6N3O2. The summed E-state index contributed by atoms with van der Waals surface area (Å²) in [4.78, 5) is 11.7. The Bertz CT molecular complexity index is 670. The number of benzene rings is 1. The molecule has 2 N–H and O–H groups in total. The molecule has 0 saturated carbocycles. The van der Waals surface area contributed by atoms with E-state index in [0.29, 0.717) is 5.01 Å². The second kappa shape index (κ2) is 6.14. The standard InChI is InChI=1S/C14H13F6N3O2/c1-22-8-7-12(23(22)11(21)24,9-5-3-2-4-6-9)25-14(19,20)13(17,18)10(15)16/h2-8,10H,1H3,(H2,21,24). The summed E-state index contributed by atoms with van der Waals surface area (Å²) in [5.74, 6) is -5.80. The van der Waals surface area contributed by atoms with Gasteiger partial charge in [-0.1, -0.05) is 30.3 Å². The molecule has 0 spiro atoms. The van der Waals surface area contributed by atoms with E-state index in [0.717, 1.165) is 17.3 Å². The van der Waals surface area contributed by atoms with Crippen molar-refractivity contribution in [3.8, 4) is 0 Å². The molecule has 1 atom stereocenters. The Morgan fingerprint density at radius 2 is 1.76 bits per heavy atom. The van der Waals surface area contributed by atoms with Crippen molar-refractivity contribution in [3.05, 3.63) is 48.2 Å². The Hall–Kier alpha value is -2.43. The summed E-state index contributed by atoms with van der Waals surface area (Å²) in [6.07, 6.45) is -8.42. The van der Waals surface area contributed by atoms with Gasteiger partial charge in [0.2, 0.25) is 5.72 Å². The lowest BCUT2D eigenvalue weighted by Gasteiger charge is -2.42. The molecule has 1 heterocycles. The van der Waals surface area contributed by atoms with Crippen LogP contribution in [0.5, 0.6) is 0 Å². The molecule has 1 aliphatic rings. The first kappa shape index (κ1) is 18.9. The van der Waals surface area contributed by atoms with Crippen LogP contribution in [-0.2, 0) is 10.5 Å². The first-order chi connectivity index (χ1) is 11.5. The molecule has 2 amide bonds. The van der Waals surface area contributed by atoms with E-state index >= 15 is 0 Å². The third kappa shape index (κ3) is 2.99. The van der Waals surface area contributed by atoms with Crippen LogP contribution in [0.15, 0.2) is 42.6 Å². The second-order valence-electron chi connectivity index (χ2n) is 5.14. The predicted octanol–water partition coefficient (Wildman–Crippen LogP) is 3.10. The number of urea groups is 1. The van der Waals surface area contributed by atoms with Crippen LogP contribution in [0.4, 0.5) is 31.1 Å². The maximum absolute atomic E-state index is 13.9. The van der Waals surface area contributed by atoms with Crippen molar-refractivity contribution in [2.75, 3.05) is 7.05 Å². The third-order valence-corrected chi connectivity index (χ3v) is 3.49. The Morgan fingerprint density at radius 3 is 2.24 bits per heavy atom. The summed E-state index contributed by atoms with van der Waals surface area (Å²) in [5, 5.41) is 1.31. The van der Waals surface area contributed by atoms with Crippen LogP contribution in [0, 0.1) is 0 Å². The SMILES string of the molecule is CN1C=CC(OC(F)(F)C(F)(F)C(F)F)(c2ccccc2)N1C(N)=O. The highest BCUT2D eigenvalue weighted by atomic mass is 19.3. The van der Waals surface area contributed by atoms with Gasteiger partial charge in [0.05, 0.1) is 0 Å². The van der Waals surface area contributed by atoms with Crippen molar-refractivity contribution in [2.24, 2.45) is 5.73 Å². The number of primary amides is 1. The van der Waals surface area contributed by atoms with Crippen molar-refractivity contribution in [1.29, 1.82) is 0 Å². The smallest absolute Gasteiger partial charge is 0.350 e. The van der Waals surface area contributed by atoms with Crippen LogP contribution < -0.4 is 5.73 Å². The first-order valence-electron chi connectivity index (χ1n) is 6.77. The Balaban J connectivity index is 2.59. The van der Waals surface area contributed by atoms with E-state index in [1.807, 2.05) is 0 Å². The zero-order valence-corrected chi connectivity index (χ0v) is 12.7. The molecule has 0 aromatic heterocycles. The number of hydrogen-bond donors (Lipinski definition) is 1. The van der Waals surface area contributed by atoms with Crippen molar-refractivity contribution >= 4 is 6.03 Å². The van der Waals surface area contributed by atoms with E-state index in [1.54, 1.807) is 0 Å². The van der Waals surface area contributed by atoms with Crippen molar-refractivity contribution in [1.82, 2.24) is 10.0 Å². The maximum atomic E-state index is 13.9. The number of nitrogens with zero attached hydrogens (tertiary/aromatic N) is 2. The van der Waals surface area contributed by atoms with Gasteiger partial charge in [0.25, 0.3) is 0 Å². The van der Waals surface area contributed by atoms with Crippen LogP contribution in [-0.4, -0.2) is 41.6 Å². The fraction of sp³-hybridized carbons (Fsp3) is 0.357. The van der Waals surface area contributed by atoms with Crippen LogP contribution in [0.2, 0.25) is 0 Å². The summed E-state index contributed by atoms with van der Waals surface area (Å²) in [6.45, 7) is 0. The number of hydrazine groups is 1. The van der Waals surface area contributed by atoms with Gasteiger partial charge in [-0.3, -0.25) is 9.75 Å². The molecule has 0 aliphatic carbocycles. The second-order valence-corrected chi connectivity index (χ2v) is 5.14. The molecule has 11 heteroatoms. The number of carbonyl (C=O) groups is 1. The quantitative estimate of drug-likeness (QED) is 0.812. The lowest BCUT2D eigenvalue weighted by atomic mass is 10.0. The van der Waals surface area contributed by atoms with Gasteiger partial charge < -0.3 is 5.73 Å². The maximum Gasteiger partial charge on any atom is 0.427 e. The first-order valence-corrected chi connectivity index (χ1v) is 6.77. The molecule has 0 bridgehead atoms. The fourth-order valence-electron chi connectivity index (χ4n) is 2.32. The van der Waals surface area contributed by atoms with Gasteiger partial charge in [0.1, 0.15) is 0 Å². The molecule has 1 aromatic carbocycles. The molecule has 0 fully saturated rings. The van der Waals surface area contributed by atoms with Crippen molar-refractivity contribution in [2.45, 2.75) is 24.2 Å². The van der Waals surface area contributed by atoms with Gasteiger partial charge in [-0.2, -0.15) is 22.6 Å². The van der Waals surface area contributed by atoms with Crippen molar-refractivity contribution in [3.63, 3.8) is 0 Å². The van der Waals surface area contributed by atoms with Crippen molar-refractivity contribution < 1.29 is 35.9 Å². The molecular weight excluding hydrogens is 356 g/mol. The molecule has 25 heavy (non-hydrogen) atoms. The van der Waals surface area contributed by atoms with Gasteiger partial charge >= 0.3 is 24.5 Å². The molecule has 2 rings (SSSR count). The summed E-state index contributed by atoms with van der Waals surface area (Å²) in [5.41, 5.74) is 2.30. The largest absolute Gasteiger partial charge is 0.427 e. The minimum atomic E-state index is -5.80. The van der Waals surface area contributed by atoms with E-state index in [4.69, 9.17) is 5.73 Å². The lowest BCUT2D eigenvalue weighted by molar-refractivity contribution is -0.415. The van der Waals surface area contributed by atoms with Crippen LogP contribution in [0.3, 0.4) is 0 Å². The highest BCUT2D eigenvalue weighted by molar-refractivity contribution is 5.73. The van der Waals surface area contributed by atoms with Crippen LogP contribution in [0.1, 0.15) is 5.56 Å². The number of alkyl halides is 6. The number of ether oxygens (including phenoxy) is 1. The number of halogens is 6. The molecule has 138 valence electrons. The van der Waals surface area contributed by atoms with Gasteiger partial charge in [0, 0.05) is 18.8 Å². The van der Waals surface area contributed by atoms with Gasteiger partial charge in [0.15, 0.2) is 0 Å². The Labute approximate surface area is 138 Å². The number of carbonyl (C=O) groups excluding carboxylic acids is 1. The molecule has 0 radical (unpaired) electrons. The Kier molecular flexibility index (Phi) is 4.64. The highest BCUT2D eigenvalue weighted by Crippen LogP contribution is 2.47. The normalized spacial score (nSPS) is 21.3. The lowest BCUT2D eigenvalue weighted by Crippen LogP contribution is -2.60. The minimum absolute atomic E-state index is 0.195. The van der Waals surface area contributed by atoms with E-state index in [2.05, 4.69) is 4.74 Å². The third-order valence-electron chi connectivity index (χ3n) is 3.49. The van der Waals surface area contributed by atoms with Gasteiger partial charge in [-0.15, -0.1) is 0 Å². The molecule has 1 aromatic rings. The van der Waals surface area contributed by atoms with Crippen LogP contribution in [0.25, 0.3) is 0 Å². The average molecular weight is 369 g/mol. The molecule has 5 nitrogen and oxygen atoms in total. The molecule has 1 unspecified atom stereocenters. The zero-order chi connectivity index (χ0) is 19.0. The number of nitrogens with two attached hydrogens (primary N) is 1. The predicted molar refractivity (Wildman–Crippen MR) is 73.4 cm³/mol. The summed E-state index contributed by atoms with van der Waals surface area (Å²) < 4.78 is 83.4. The number of hydrogen-bond acceptors (Lipinski definition) is 3.